The Bertz CT molecular complexity index is 345. The summed E-state index contributed by atoms with van der Waals surface area (Å²) in [6.07, 6.45) is 2.50. The summed E-state index contributed by atoms with van der Waals surface area (Å²) in [4.78, 5) is 10.9. The van der Waals surface area contributed by atoms with Crippen LogP contribution in [-0.4, -0.2) is 23.1 Å². The molecule has 0 N–H and O–H groups in total. The zero-order valence-corrected chi connectivity index (χ0v) is 9.30. The second kappa shape index (κ2) is 3.73. The van der Waals surface area contributed by atoms with Gasteiger partial charge in [-0.3, -0.25) is 0 Å². The van der Waals surface area contributed by atoms with Gasteiger partial charge in [-0.25, -0.2) is 9.97 Å². The predicted octanol–water partition coefficient (Wildman–Crippen LogP) is 2.35. The minimum absolute atomic E-state index is 0.583. The monoisotopic (exact) mass is 211 g/mol. The van der Waals surface area contributed by atoms with Gasteiger partial charge in [-0.05, 0) is 26.7 Å². The molecular weight excluding hydrogens is 198 g/mol. The highest BCUT2D eigenvalue weighted by atomic mass is 35.5. The molecule has 0 saturated carbocycles. The van der Waals surface area contributed by atoms with Gasteiger partial charge in [0.15, 0.2) is 0 Å². The Morgan fingerprint density at radius 2 is 1.79 bits per heavy atom. The number of aryl methyl sites for hydroxylation is 1. The fourth-order valence-electron chi connectivity index (χ4n) is 1.82. The molecular formula is C10H14ClN3. The molecule has 1 fully saturated rings. The molecule has 3 nitrogen and oxygen atoms in total. The van der Waals surface area contributed by atoms with E-state index in [1.54, 1.807) is 0 Å². The van der Waals surface area contributed by atoms with E-state index < -0.39 is 0 Å². The summed E-state index contributed by atoms with van der Waals surface area (Å²) in [6.45, 7) is 6.04. The molecule has 1 aliphatic rings. The Hall–Kier alpha value is -0.830. The summed E-state index contributed by atoms with van der Waals surface area (Å²) in [5.41, 5.74) is 0.999. The van der Waals surface area contributed by atoms with Gasteiger partial charge in [-0.15, -0.1) is 0 Å². The van der Waals surface area contributed by atoms with Crippen molar-refractivity contribution in [3.05, 3.63) is 16.5 Å². The molecule has 1 aliphatic heterocycles. The lowest BCUT2D eigenvalue weighted by Crippen LogP contribution is -2.21. The van der Waals surface area contributed by atoms with Crippen LogP contribution < -0.4 is 4.90 Å². The number of rotatable bonds is 1. The van der Waals surface area contributed by atoms with Gasteiger partial charge < -0.3 is 4.90 Å². The first kappa shape index (κ1) is 9.71. The SMILES string of the molecule is Cc1nc(Cl)c(C)c(N2CCCC2)n1. The minimum atomic E-state index is 0.583. The third-order valence-electron chi connectivity index (χ3n) is 2.58. The maximum atomic E-state index is 6.02. The summed E-state index contributed by atoms with van der Waals surface area (Å²) in [7, 11) is 0. The molecule has 1 aromatic rings. The fourth-order valence-corrected chi connectivity index (χ4v) is 2.02. The first-order valence-electron chi connectivity index (χ1n) is 4.94. The summed E-state index contributed by atoms with van der Waals surface area (Å²) < 4.78 is 0. The largest absolute Gasteiger partial charge is 0.356 e. The lowest BCUT2D eigenvalue weighted by atomic mass is 10.3. The van der Waals surface area contributed by atoms with E-state index in [9.17, 15) is 0 Å². The Morgan fingerprint density at radius 3 is 2.43 bits per heavy atom. The van der Waals surface area contributed by atoms with Crippen molar-refractivity contribution in [3.8, 4) is 0 Å². The molecule has 0 amide bonds. The summed E-state index contributed by atoms with van der Waals surface area (Å²) >= 11 is 6.02. The third kappa shape index (κ3) is 1.69. The Balaban J connectivity index is 2.40. The summed E-state index contributed by atoms with van der Waals surface area (Å²) in [5.74, 6) is 1.77. The lowest BCUT2D eigenvalue weighted by molar-refractivity contribution is 0.898. The molecule has 4 heteroatoms. The van der Waals surface area contributed by atoms with E-state index in [1.807, 2.05) is 13.8 Å². The van der Waals surface area contributed by atoms with Gasteiger partial charge in [0, 0.05) is 18.7 Å². The molecule has 2 rings (SSSR count). The standard InChI is InChI=1S/C10H14ClN3/c1-7-9(11)12-8(2)13-10(7)14-5-3-4-6-14/h3-6H2,1-2H3. The van der Waals surface area contributed by atoms with Crippen LogP contribution in [0.4, 0.5) is 5.82 Å². The van der Waals surface area contributed by atoms with Crippen molar-refractivity contribution < 1.29 is 0 Å². The van der Waals surface area contributed by atoms with Crippen molar-refractivity contribution in [2.75, 3.05) is 18.0 Å². The topological polar surface area (TPSA) is 29.0 Å². The van der Waals surface area contributed by atoms with Gasteiger partial charge in [0.05, 0.1) is 0 Å². The van der Waals surface area contributed by atoms with Crippen molar-refractivity contribution in [1.82, 2.24) is 9.97 Å². The Kier molecular flexibility index (Phi) is 2.59. The van der Waals surface area contributed by atoms with Crippen LogP contribution in [0.1, 0.15) is 24.2 Å². The highest BCUT2D eigenvalue weighted by molar-refractivity contribution is 6.30. The van der Waals surface area contributed by atoms with Crippen LogP contribution in [0.25, 0.3) is 0 Å². The number of halogens is 1. The summed E-state index contributed by atoms with van der Waals surface area (Å²) in [5, 5.41) is 0.583. The maximum Gasteiger partial charge on any atom is 0.137 e. The number of nitrogens with zero attached hydrogens (tertiary/aromatic N) is 3. The van der Waals surface area contributed by atoms with Crippen LogP contribution in [0.2, 0.25) is 5.15 Å². The van der Waals surface area contributed by atoms with Crippen molar-refractivity contribution >= 4 is 17.4 Å². The van der Waals surface area contributed by atoms with Crippen molar-refractivity contribution in [3.63, 3.8) is 0 Å². The van der Waals surface area contributed by atoms with Gasteiger partial charge in [-0.2, -0.15) is 0 Å². The maximum absolute atomic E-state index is 6.02. The van der Waals surface area contributed by atoms with E-state index in [0.29, 0.717) is 5.15 Å². The summed E-state index contributed by atoms with van der Waals surface area (Å²) in [6, 6.07) is 0. The van der Waals surface area contributed by atoms with Gasteiger partial charge in [0.2, 0.25) is 0 Å². The average molecular weight is 212 g/mol. The van der Waals surface area contributed by atoms with E-state index in [-0.39, 0.29) is 0 Å². The van der Waals surface area contributed by atoms with Gasteiger partial charge in [-0.1, -0.05) is 11.6 Å². The van der Waals surface area contributed by atoms with Crippen LogP contribution in [-0.2, 0) is 0 Å². The quantitative estimate of drug-likeness (QED) is 0.668. The smallest absolute Gasteiger partial charge is 0.137 e. The zero-order chi connectivity index (χ0) is 10.1. The first-order chi connectivity index (χ1) is 6.68. The highest BCUT2D eigenvalue weighted by Crippen LogP contribution is 2.25. The second-order valence-electron chi connectivity index (χ2n) is 3.70. The molecule has 1 aromatic heterocycles. The molecule has 0 unspecified atom stereocenters. The normalized spacial score (nSPS) is 16.4. The van der Waals surface area contributed by atoms with Crippen LogP contribution >= 0.6 is 11.6 Å². The van der Waals surface area contributed by atoms with Gasteiger partial charge in [0.1, 0.15) is 16.8 Å². The second-order valence-corrected chi connectivity index (χ2v) is 4.06. The van der Waals surface area contributed by atoms with Crippen LogP contribution in [0.3, 0.4) is 0 Å². The molecule has 2 heterocycles. The molecule has 0 spiro atoms. The molecule has 14 heavy (non-hydrogen) atoms. The van der Waals surface area contributed by atoms with E-state index in [1.165, 1.54) is 12.8 Å². The van der Waals surface area contributed by atoms with Gasteiger partial charge >= 0.3 is 0 Å². The Morgan fingerprint density at radius 1 is 1.14 bits per heavy atom. The number of aromatic nitrogens is 2. The van der Waals surface area contributed by atoms with E-state index in [4.69, 9.17) is 11.6 Å². The first-order valence-corrected chi connectivity index (χ1v) is 5.32. The molecule has 0 aromatic carbocycles. The number of hydrogen-bond acceptors (Lipinski definition) is 3. The van der Waals surface area contributed by atoms with Crippen molar-refractivity contribution in [2.45, 2.75) is 26.7 Å². The molecule has 1 saturated heterocycles. The van der Waals surface area contributed by atoms with Crippen molar-refractivity contribution in [1.29, 1.82) is 0 Å². The minimum Gasteiger partial charge on any atom is -0.356 e. The van der Waals surface area contributed by atoms with Crippen LogP contribution in [0.5, 0.6) is 0 Å². The molecule has 0 atom stereocenters. The van der Waals surface area contributed by atoms with E-state index >= 15 is 0 Å². The lowest BCUT2D eigenvalue weighted by Gasteiger charge is -2.19. The number of anilines is 1. The zero-order valence-electron chi connectivity index (χ0n) is 8.55. The highest BCUT2D eigenvalue weighted by Gasteiger charge is 2.17. The van der Waals surface area contributed by atoms with E-state index in [2.05, 4.69) is 14.9 Å². The van der Waals surface area contributed by atoms with Crippen LogP contribution in [0, 0.1) is 13.8 Å². The molecule has 0 radical (unpaired) electrons. The molecule has 76 valence electrons. The molecule has 0 aliphatic carbocycles. The van der Waals surface area contributed by atoms with E-state index in [0.717, 1.165) is 30.3 Å². The average Bonchev–Trinajstić information content (AvgIpc) is 2.63. The Labute approximate surface area is 89.1 Å². The predicted molar refractivity (Wildman–Crippen MR) is 58.0 cm³/mol. The van der Waals surface area contributed by atoms with Gasteiger partial charge in [0.25, 0.3) is 0 Å². The fraction of sp³-hybridized carbons (Fsp3) is 0.600. The number of hydrogen-bond donors (Lipinski definition) is 0. The van der Waals surface area contributed by atoms with Crippen LogP contribution in [0.15, 0.2) is 0 Å². The molecule has 0 bridgehead atoms. The third-order valence-corrected chi connectivity index (χ3v) is 2.95. The van der Waals surface area contributed by atoms with Crippen molar-refractivity contribution in [2.24, 2.45) is 0 Å².